The molecule has 7 aromatic heterocycles. The van der Waals surface area contributed by atoms with Gasteiger partial charge in [0.05, 0.1) is 32.5 Å². The molecule has 20 aromatic rings. The lowest BCUT2D eigenvalue weighted by molar-refractivity contribution is 1.07. The van der Waals surface area contributed by atoms with Crippen LogP contribution in [-0.2, 0) is 0 Å². The molecule has 0 N–H and O–H groups in total. The molecule has 0 saturated carbocycles. The van der Waals surface area contributed by atoms with Crippen LogP contribution < -0.4 is 0 Å². The second kappa shape index (κ2) is 27.5. The Morgan fingerprint density at radius 1 is 0.198 bits per heavy atom. The van der Waals surface area contributed by atoms with Crippen LogP contribution in [0.4, 0.5) is 0 Å². The van der Waals surface area contributed by atoms with Gasteiger partial charge in [-0.15, -0.1) is 22.7 Å². The summed E-state index contributed by atoms with van der Waals surface area (Å²) < 4.78 is 2.22. The molecule has 7 heterocycles. The lowest BCUT2D eigenvalue weighted by Gasteiger charge is -2.10. The van der Waals surface area contributed by atoms with E-state index in [1.165, 1.54) is 15.8 Å². The minimum Gasteiger partial charge on any atom is -0.243 e. The van der Waals surface area contributed by atoms with Crippen molar-refractivity contribution in [2.75, 3.05) is 0 Å². The monoisotopic (exact) mass is 1390 g/mol. The number of para-hydroxylation sites is 3. The van der Waals surface area contributed by atoms with Gasteiger partial charge in [-0.3, -0.25) is 0 Å². The van der Waals surface area contributed by atoms with E-state index in [-0.39, 0.29) is 0 Å². The molecule has 496 valence electrons. The zero-order valence-electron chi connectivity index (χ0n) is 56.6. The quantitative estimate of drug-likeness (QED) is 0.115. The van der Waals surface area contributed by atoms with Crippen molar-refractivity contribution in [1.29, 1.82) is 0 Å². The van der Waals surface area contributed by atoms with E-state index in [1.54, 1.807) is 29.0 Å². The molecule has 0 spiro atoms. The molecule has 0 atom stereocenters. The van der Waals surface area contributed by atoms with Gasteiger partial charge in [0.1, 0.15) is 21.5 Å². The van der Waals surface area contributed by atoms with Gasteiger partial charge in [0.2, 0.25) is 0 Å². The number of nitrogens with zero attached hydrogens (tertiary/aromatic N) is 11. The van der Waals surface area contributed by atoms with Crippen LogP contribution in [0.15, 0.2) is 346 Å². The van der Waals surface area contributed by atoms with Crippen LogP contribution in [0.5, 0.6) is 0 Å². The van der Waals surface area contributed by atoms with Crippen molar-refractivity contribution >= 4 is 85.5 Å². The van der Waals surface area contributed by atoms with Gasteiger partial charge in [0.25, 0.3) is 0 Å². The highest BCUT2D eigenvalue weighted by atomic mass is 32.1. The SMILES string of the molecule is c1ccc(-c2ccc(-c3nc(-c4ccccc4)nc(-c4cccc(-c5ccc(-c6ccc7c(c6)sc6nc8ccccc8nc67)cc5)c4)n3)cc2)cc1.c1ccc(-c2ccc(-c3nc(-c4ccccc4)nc(-c4cccc(-c5ccc(-c6ncnc7c6sc6nc8ccccc8cc67)cc5)c4)n3)cc2)cc1. The second-order valence-electron chi connectivity index (χ2n) is 25.8. The summed E-state index contributed by atoms with van der Waals surface area (Å²) in [5.74, 6) is 3.79. The third kappa shape index (κ3) is 12.5. The normalized spacial score (nSPS) is 11.4. The van der Waals surface area contributed by atoms with Gasteiger partial charge in [-0.05, 0) is 98.1 Å². The standard InChI is InChI=1S/C47H29N5S.C46H28N6S/c1-3-10-30(11-4-1)31-22-24-35(25-23-31)45-50-44(34-12-5-2-6-13-34)51-46(52-45)38-15-9-14-36(28-38)32-18-20-33(21-19-32)37-26-27-39-42(29-37)53-47-43(39)48-40-16-7-8-17-41(40)49-47;1-3-10-29(11-4-1)30-20-24-34(25-21-30)44-50-43(33-12-5-2-6-13-33)51-45(52-44)37-16-9-15-35(26-37)31-18-22-32(23-19-31)40-42-41(48-28-47-40)38-27-36-14-7-8-17-39(36)49-46(38)53-42/h1-29H;1-28H. The first-order valence-electron chi connectivity index (χ1n) is 34.8. The summed E-state index contributed by atoms with van der Waals surface area (Å²) in [6.07, 6.45) is 1.65. The molecule has 0 bridgehead atoms. The first-order valence-corrected chi connectivity index (χ1v) is 36.5. The minimum absolute atomic E-state index is 0.619. The molecule has 0 amide bonds. The Hall–Kier alpha value is -13.9. The van der Waals surface area contributed by atoms with E-state index in [4.69, 9.17) is 49.8 Å². The Morgan fingerprint density at radius 2 is 0.547 bits per heavy atom. The molecular formula is C93H57N11S2. The zero-order chi connectivity index (χ0) is 70.3. The maximum Gasteiger partial charge on any atom is 0.164 e. The Labute approximate surface area is 617 Å². The predicted molar refractivity (Wildman–Crippen MR) is 435 cm³/mol. The van der Waals surface area contributed by atoms with Crippen LogP contribution in [-0.4, -0.2) is 54.8 Å². The first kappa shape index (κ1) is 63.1. The fraction of sp³-hybridized carbons (Fsp3) is 0. The van der Waals surface area contributed by atoms with E-state index in [9.17, 15) is 0 Å². The molecule has 11 nitrogen and oxygen atoms in total. The van der Waals surface area contributed by atoms with Crippen LogP contribution in [0.1, 0.15) is 0 Å². The number of rotatable bonds is 12. The summed E-state index contributed by atoms with van der Waals surface area (Å²) in [5, 5.41) is 3.30. The molecule has 0 aliphatic rings. The number of hydrogen-bond donors (Lipinski definition) is 0. The van der Waals surface area contributed by atoms with E-state index in [1.807, 2.05) is 115 Å². The highest BCUT2D eigenvalue weighted by Gasteiger charge is 2.20. The smallest absolute Gasteiger partial charge is 0.164 e. The number of hydrogen-bond acceptors (Lipinski definition) is 13. The number of thiophene rings is 2. The highest BCUT2D eigenvalue weighted by molar-refractivity contribution is 7.26. The van der Waals surface area contributed by atoms with E-state index >= 15 is 0 Å². The summed E-state index contributed by atoms with van der Waals surface area (Å²) in [6.45, 7) is 0. The third-order valence-corrected chi connectivity index (χ3v) is 21.2. The number of benzene rings is 13. The Kier molecular flexibility index (Phi) is 16.4. The molecule has 0 unspecified atom stereocenters. The summed E-state index contributed by atoms with van der Waals surface area (Å²) in [4.78, 5) is 56.0. The van der Waals surface area contributed by atoms with Crippen molar-refractivity contribution < 1.29 is 0 Å². The van der Waals surface area contributed by atoms with Crippen LogP contribution in [0, 0.1) is 0 Å². The fourth-order valence-corrected chi connectivity index (χ4v) is 15.8. The van der Waals surface area contributed by atoms with Crippen LogP contribution in [0.25, 0.3) is 198 Å². The van der Waals surface area contributed by atoms with Crippen LogP contribution >= 0.6 is 22.7 Å². The minimum atomic E-state index is 0.619. The fourth-order valence-electron chi connectivity index (χ4n) is 13.6. The lowest BCUT2D eigenvalue weighted by Crippen LogP contribution is -2.00. The van der Waals surface area contributed by atoms with Crippen LogP contribution in [0.3, 0.4) is 0 Å². The Morgan fingerprint density at radius 3 is 1.05 bits per heavy atom. The average Bonchev–Trinajstić information content (AvgIpc) is 1.61. The van der Waals surface area contributed by atoms with E-state index < -0.39 is 0 Å². The van der Waals surface area contributed by atoms with Gasteiger partial charge in [-0.2, -0.15) is 0 Å². The van der Waals surface area contributed by atoms with E-state index in [0.29, 0.717) is 34.9 Å². The molecule has 0 radical (unpaired) electrons. The Bertz CT molecular complexity index is 6660. The average molecular weight is 1390 g/mol. The summed E-state index contributed by atoms with van der Waals surface area (Å²) in [6, 6.07) is 117. The van der Waals surface area contributed by atoms with E-state index in [2.05, 4.69) is 229 Å². The number of fused-ring (bicyclic) bond motifs is 8. The van der Waals surface area contributed by atoms with Gasteiger partial charge < -0.3 is 0 Å². The molecule has 0 saturated heterocycles. The van der Waals surface area contributed by atoms with Crippen molar-refractivity contribution in [2.45, 2.75) is 0 Å². The number of aromatic nitrogens is 11. The van der Waals surface area contributed by atoms with Gasteiger partial charge in [0.15, 0.2) is 34.9 Å². The summed E-state index contributed by atoms with van der Waals surface area (Å²) in [5.41, 5.74) is 23.6. The van der Waals surface area contributed by atoms with Gasteiger partial charge in [-0.1, -0.05) is 297 Å². The van der Waals surface area contributed by atoms with E-state index in [0.717, 1.165) is 147 Å². The van der Waals surface area contributed by atoms with Crippen LogP contribution in [0.2, 0.25) is 0 Å². The largest absolute Gasteiger partial charge is 0.243 e. The maximum absolute atomic E-state index is 5.02. The summed E-state index contributed by atoms with van der Waals surface area (Å²) >= 11 is 3.33. The Balaban J connectivity index is 0.000000145. The molecule has 106 heavy (non-hydrogen) atoms. The van der Waals surface area contributed by atoms with Gasteiger partial charge >= 0.3 is 0 Å². The molecule has 0 aliphatic heterocycles. The van der Waals surface area contributed by atoms with Crippen molar-refractivity contribution in [1.82, 2.24) is 54.8 Å². The van der Waals surface area contributed by atoms with Crippen molar-refractivity contribution in [3.8, 4) is 135 Å². The predicted octanol–water partition coefficient (Wildman–Crippen LogP) is 23.8. The molecule has 13 aromatic carbocycles. The molecule has 20 rings (SSSR count). The lowest BCUT2D eigenvalue weighted by atomic mass is 9.98. The second-order valence-corrected chi connectivity index (χ2v) is 27.8. The molecule has 13 heteroatoms. The molecule has 0 aliphatic carbocycles. The summed E-state index contributed by atoms with van der Waals surface area (Å²) in [7, 11) is 0. The third-order valence-electron chi connectivity index (χ3n) is 19.0. The maximum atomic E-state index is 5.02. The van der Waals surface area contributed by atoms with Crippen molar-refractivity contribution in [3.05, 3.63) is 346 Å². The van der Waals surface area contributed by atoms with Crippen molar-refractivity contribution in [2.24, 2.45) is 0 Å². The number of pyridine rings is 1. The zero-order valence-corrected chi connectivity index (χ0v) is 58.3. The van der Waals surface area contributed by atoms with Gasteiger partial charge in [-0.25, -0.2) is 54.8 Å². The van der Waals surface area contributed by atoms with Gasteiger partial charge in [0, 0.05) is 59.8 Å². The van der Waals surface area contributed by atoms with Crippen molar-refractivity contribution in [3.63, 3.8) is 0 Å². The topological polar surface area (TPSA) is 142 Å². The highest BCUT2D eigenvalue weighted by Crippen LogP contribution is 2.41. The first-order chi connectivity index (χ1) is 52.4. The molecule has 0 fully saturated rings. The molecular weight excluding hydrogens is 1340 g/mol.